The molecule has 0 aliphatic rings. The zero-order valence-corrected chi connectivity index (χ0v) is 15.6. The molecule has 2 aromatic carbocycles. The van der Waals surface area contributed by atoms with Crippen molar-refractivity contribution >= 4 is 23.4 Å². The normalized spacial score (nSPS) is 10.7. The zero-order chi connectivity index (χ0) is 19.4. The number of anilines is 1. The third-order valence-electron chi connectivity index (χ3n) is 3.87. The summed E-state index contributed by atoms with van der Waals surface area (Å²) in [5.74, 6) is -1.88. The Labute approximate surface area is 160 Å². The van der Waals surface area contributed by atoms with Crippen molar-refractivity contribution in [3.63, 3.8) is 0 Å². The molecule has 1 N–H and O–H groups in total. The molecule has 0 spiro atoms. The predicted molar refractivity (Wildman–Crippen MR) is 103 cm³/mol. The first kappa shape index (κ1) is 19.0. The summed E-state index contributed by atoms with van der Waals surface area (Å²) in [6.45, 7) is 4.03. The Morgan fingerprint density at radius 1 is 1.04 bits per heavy atom. The molecule has 0 bridgehead atoms. The molecule has 0 unspecified atom stereocenters. The molecule has 27 heavy (non-hydrogen) atoms. The van der Waals surface area contributed by atoms with Crippen LogP contribution in [0.15, 0.2) is 53.6 Å². The van der Waals surface area contributed by atoms with E-state index in [1.807, 2.05) is 32.0 Å². The average molecular weight is 385 g/mol. The first-order chi connectivity index (χ1) is 12.9. The van der Waals surface area contributed by atoms with Crippen molar-refractivity contribution < 1.29 is 13.6 Å². The number of benzene rings is 2. The van der Waals surface area contributed by atoms with Crippen molar-refractivity contribution in [1.82, 2.24) is 10.2 Å². The molecule has 3 rings (SSSR count). The topological polar surface area (TPSA) is 54.9 Å². The molecule has 0 aliphatic heterocycles. The summed E-state index contributed by atoms with van der Waals surface area (Å²) in [6, 6.07) is 12.8. The van der Waals surface area contributed by atoms with Gasteiger partial charge in [0.15, 0.2) is 0 Å². The average Bonchev–Trinajstić information content (AvgIpc) is 2.65. The van der Waals surface area contributed by atoms with Gasteiger partial charge in [-0.1, -0.05) is 29.5 Å². The summed E-state index contributed by atoms with van der Waals surface area (Å²) in [4.78, 5) is 12.0. The molecule has 1 heterocycles. The summed E-state index contributed by atoms with van der Waals surface area (Å²) in [6.07, 6.45) is 0. The van der Waals surface area contributed by atoms with Crippen LogP contribution in [0.3, 0.4) is 0 Å². The van der Waals surface area contributed by atoms with E-state index >= 15 is 0 Å². The van der Waals surface area contributed by atoms with Crippen LogP contribution < -0.4 is 5.32 Å². The smallest absolute Gasteiger partial charge is 0.234 e. The lowest BCUT2D eigenvalue weighted by atomic mass is 10.0. The highest BCUT2D eigenvalue weighted by atomic mass is 32.2. The lowest BCUT2D eigenvalue weighted by molar-refractivity contribution is -0.113. The molecule has 0 fully saturated rings. The Morgan fingerprint density at radius 2 is 1.85 bits per heavy atom. The number of rotatable bonds is 5. The van der Waals surface area contributed by atoms with Crippen LogP contribution in [0.25, 0.3) is 11.3 Å². The second kappa shape index (κ2) is 8.26. The summed E-state index contributed by atoms with van der Waals surface area (Å²) in [5, 5.41) is 11.4. The van der Waals surface area contributed by atoms with Gasteiger partial charge in [-0.15, -0.1) is 10.2 Å². The fourth-order valence-electron chi connectivity index (χ4n) is 2.47. The molecule has 4 nitrogen and oxygen atoms in total. The van der Waals surface area contributed by atoms with Gasteiger partial charge in [0, 0.05) is 11.6 Å². The number of nitrogens with one attached hydrogen (secondary N) is 1. The molecule has 0 atom stereocenters. The third kappa shape index (κ3) is 4.89. The Morgan fingerprint density at radius 3 is 2.56 bits per heavy atom. The second-order valence-corrected chi connectivity index (χ2v) is 7.03. The van der Waals surface area contributed by atoms with Crippen molar-refractivity contribution in [3.8, 4) is 11.3 Å². The van der Waals surface area contributed by atoms with Crippen molar-refractivity contribution in [2.45, 2.75) is 18.9 Å². The fourth-order valence-corrected chi connectivity index (χ4v) is 3.08. The monoisotopic (exact) mass is 385 g/mol. The van der Waals surface area contributed by atoms with E-state index in [-0.39, 0.29) is 11.4 Å². The van der Waals surface area contributed by atoms with E-state index < -0.39 is 17.5 Å². The molecule has 7 heteroatoms. The second-order valence-electron chi connectivity index (χ2n) is 6.04. The van der Waals surface area contributed by atoms with Crippen molar-refractivity contribution in [2.75, 3.05) is 11.1 Å². The van der Waals surface area contributed by atoms with E-state index in [2.05, 4.69) is 21.6 Å². The first-order valence-corrected chi connectivity index (χ1v) is 9.20. The molecular formula is C20H17F2N3OS. The van der Waals surface area contributed by atoms with Gasteiger partial charge in [-0.3, -0.25) is 4.79 Å². The minimum atomic E-state index is -0.814. The molecule has 1 amide bonds. The number of thioether (sulfide) groups is 1. The molecule has 0 saturated carbocycles. The van der Waals surface area contributed by atoms with E-state index in [1.165, 1.54) is 17.8 Å². The highest BCUT2D eigenvalue weighted by Gasteiger charge is 2.10. The highest BCUT2D eigenvalue weighted by Crippen LogP contribution is 2.24. The first-order valence-electron chi connectivity index (χ1n) is 8.21. The number of amides is 1. The van der Waals surface area contributed by atoms with Crippen molar-refractivity contribution in [2.24, 2.45) is 0 Å². The van der Waals surface area contributed by atoms with E-state index in [0.29, 0.717) is 5.03 Å². The number of aryl methyl sites for hydroxylation is 2. The van der Waals surface area contributed by atoms with Crippen LogP contribution in [0.2, 0.25) is 0 Å². The summed E-state index contributed by atoms with van der Waals surface area (Å²) in [5.41, 5.74) is 3.97. The summed E-state index contributed by atoms with van der Waals surface area (Å²) < 4.78 is 26.4. The Bertz CT molecular complexity index is 977. The third-order valence-corrected chi connectivity index (χ3v) is 4.79. The minimum absolute atomic E-state index is 0.0360. The number of hydrogen-bond acceptors (Lipinski definition) is 4. The van der Waals surface area contributed by atoms with E-state index in [0.717, 1.165) is 34.5 Å². The number of carbonyl (C=O) groups is 1. The number of aromatic nitrogens is 2. The highest BCUT2D eigenvalue weighted by molar-refractivity contribution is 7.99. The maximum Gasteiger partial charge on any atom is 0.234 e. The van der Waals surface area contributed by atoms with Gasteiger partial charge in [-0.05, 0) is 49.7 Å². The summed E-state index contributed by atoms with van der Waals surface area (Å²) in [7, 11) is 0. The lowest BCUT2D eigenvalue weighted by Crippen LogP contribution is -2.15. The van der Waals surface area contributed by atoms with E-state index in [1.54, 1.807) is 6.07 Å². The molecule has 0 radical (unpaired) electrons. The van der Waals surface area contributed by atoms with Gasteiger partial charge in [-0.2, -0.15) is 0 Å². The van der Waals surface area contributed by atoms with Crippen LogP contribution in [0, 0.1) is 25.5 Å². The Hall–Kier alpha value is -2.80. The number of halogens is 2. The maximum atomic E-state index is 13.6. The van der Waals surface area contributed by atoms with Crippen molar-refractivity contribution in [3.05, 3.63) is 71.3 Å². The number of nitrogens with zero attached hydrogens (tertiary/aromatic N) is 2. The standard InChI is InChI=1S/C20H17F2N3OS/c1-12-3-4-13(2)15(9-12)17-7-8-20(25-24-17)27-11-19(26)23-18-6-5-14(21)10-16(18)22/h3-10H,11H2,1-2H3,(H,23,26). The quantitative estimate of drug-likeness (QED) is 0.643. The molecular weight excluding hydrogens is 368 g/mol. The minimum Gasteiger partial charge on any atom is -0.323 e. The molecule has 138 valence electrons. The fraction of sp³-hybridized carbons (Fsp3) is 0.150. The molecule has 0 saturated heterocycles. The lowest BCUT2D eigenvalue weighted by Gasteiger charge is -2.07. The van der Waals surface area contributed by atoms with Crippen LogP contribution in [0.4, 0.5) is 14.5 Å². The van der Waals surface area contributed by atoms with Crippen LogP contribution >= 0.6 is 11.8 Å². The van der Waals surface area contributed by atoms with Crippen LogP contribution in [-0.2, 0) is 4.79 Å². The maximum absolute atomic E-state index is 13.6. The van der Waals surface area contributed by atoms with Gasteiger partial charge in [0.05, 0.1) is 17.1 Å². The zero-order valence-electron chi connectivity index (χ0n) is 14.8. The Kier molecular flexibility index (Phi) is 5.81. The van der Waals surface area contributed by atoms with Gasteiger partial charge < -0.3 is 5.32 Å². The van der Waals surface area contributed by atoms with Crippen LogP contribution in [-0.4, -0.2) is 21.9 Å². The molecule has 0 aliphatic carbocycles. The molecule has 3 aromatic rings. The van der Waals surface area contributed by atoms with Gasteiger partial charge in [-0.25, -0.2) is 8.78 Å². The van der Waals surface area contributed by atoms with Crippen molar-refractivity contribution in [1.29, 1.82) is 0 Å². The molecule has 1 aromatic heterocycles. The number of hydrogen-bond donors (Lipinski definition) is 1. The van der Waals surface area contributed by atoms with Gasteiger partial charge in [0.2, 0.25) is 5.91 Å². The largest absolute Gasteiger partial charge is 0.323 e. The van der Waals surface area contributed by atoms with E-state index in [4.69, 9.17) is 0 Å². The summed E-state index contributed by atoms with van der Waals surface area (Å²) >= 11 is 1.19. The van der Waals surface area contributed by atoms with Gasteiger partial charge in [0.25, 0.3) is 0 Å². The van der Waals surface area contributed by atoms with Gasteiger partial charge in [0.1, 0.15) is 16.7 Å². The van der Waals surface area contributed by atoms with E-state index in [9.17, 15) is 13.6 Å². The number of carbonyl (C=O) groups excluding carboxylic acids is 1. The van der Waals surface area contributed by atoms with Crippen LogP contribution in [0.5, 0.6) is 0 Å². The Balaban J connectivity index is 1.61. The predicted octanol–water partition coefficient (Wildman–Crippen LogP) is 4.77. The SMILES string of the molecule is Cc1ccc(C)c(-c2ccc(SCC(=O)Nc3ccc(F)cc3F)nn2)c1. The van der Waals surface area contributed by atoms with Crippen LogP contribution in [0.1, 0.15) is 11.1 Å². The van der Waals surface area contributed by atoms with Gasteiger partial charge >= 0.3 is 0 Å².